The number of benzene rings is 2. The van der Waals surface area contributed by atoms with Crippen LogP contribution in [0.3, 0.4) is 0 Å². The van der Waals surface area contributed by atoms with Gasteiger partial charge in [0, 0.05) is 25.2 Å². The maximum Gasteiger partial charge on any atom is 0.407 e. The molecule has 0 aliphatic rings. The van der Waals surface area contributed by atoms with Crippen LogP contribution in [0.5, 0.6) is 0 Å². The van der Waals surface area contributed by atoms with Crippen LogP contribution in [-0.2, 0) is 41.6 Å². The second-order valence-electron chi connectivity index (χ2n) is 6.62. The summed E-state index contributed by atoms with van der Waals surface area (Å²) in [5.74, 6) is -1.61. The second kappa shape index (κ2) is 15.5. The zero-order chi connectivity index (χ0) is 24.4. The monoisotopic (exact) mass is 470 g/mol. The van der Waals surface area contributed by atoms with E-state index in [4.69, 9.17) is 18.9 Å². The highest BCUT2D eigenvalue weighted by molar-refractivity contribution is 5.91. The molecule has 0 saturated carbocycles. The topological polar surface area (TPSA) is 129 Å². The molecule has 2 N–H and O–H groups in total. The van der Waals surface area contributed by atoms with Crippen molar-refractivity contribution in [3.63, 3.8) is 0 Å². The Morgan fingerprint density at radius 3 is 1.29 bits per heavy atom. The summed E-state index contributed by atoms with van der Waals surface area (Å²) in [6, 6.07) is 18.6. The maximum atomic E-state index is 11.6. The molecule has 34 heavy (non-hydrogen) atoms. The highest BCUT2D eigenvalue weighted by Gasteiger charge is 2.06. The van der Waals surface area contributed by atoms with Crippen molar-refractivity contribution in [2.45, 2.75) is 13.1 Å². The van der Waals surface area contributed by atoms with Gasteiger partial charge in [0.2, 0.25) is 0 Å². The summed E-state index contributed by atoms with van der Waals surface area (Å²) in [6.45, 7) is -0.0180. The number of rotatable bonds is 12. The lowest BCUT2D eigenvalue weighted by molar-refractivity contribution is -0.141. The minimum atomic E-state index is -0.804. The number of carbonyl (C=O) groups excluding carboxylic acids is 4. The molecule has 0 unspecified atom stereocenters. The fourth-order valence-electron chi connectivity index (χ4n) is 2.43. The van der Waals surface area contributed by atoms with Crippen LogP contribution in [0, 0.1) is 0 Å². The fourth-order valence-corrected chi connectivity index (χ4v) is 2.43. The third-order valence-electron chi connectivity index (χ3n) is 4.04. The van der Waals surface area contributed by atoms with E-state index in [-0.39, 0.29) is 26.4 Å². The van der Waals surface area contributed by atoms with Crippen molar-refractivity contribution in [1.82, 2.24) is 10.6 Å². The molecule has 0 bridgehead atoms. The van der Waals surface area contributed by atoms with E-state index in [0.29, 0.717) is 13.1 Å². The molecule has 2 aromatic carbocycles. The molecule has 10 nitrogen and oxygen atoms in total. The minimum absolute atomic E-state index is 0.145. The van der Waals surface area contributed by atoms with Gasteiger partial charge in [-0.3, -0.25) is 0 Å². The molecule has 2 rings (SSSR count). The van der Waals surface area contributed by atoms with Crippen molar-refractivity contribution >= 4 is 24.1 Å². The average Bonchev–Trinajstić information content (AvgIpc) is 2.86. The first kappa shape index (κ1) is 25.9. The van der Waals surface area contributed by atoms with Gasteiger partial charge in [-0.2, -0.15) is 0 Å². The quantitative estimate of drug-likeness (QED) is 0.210. The summed E-state index contributed by atoms with van der Waals surface area (Å²) in [5.41, 5.74) is 1.83. The fraction of sp³-hybridized carbons (Fsp3) is 0.250. The van der Waals surface area contributed by atoms with E-state index in [2.05, 4.69) is 10.6 Å². The summed E-state index contributed by atoms with van der Waals surface area (Å²) in [5, 5.41) is 5.12. The number of amides is 2. The Bertz CT molecular complexity index is 870. The van der Waals surface area contributed by atoms with Crippen LogP contribution in [-0.4, -0.2) is 50.6 Å². The lowest BCUT2D eigenvalue weighted by Gasteiger charge is -2.07. The highest BCUT2D eigenvalue weighted by atomic mass is 16.6. The molecule has 0 spiro atoms. The summed E-state index contributed by atoms with van der Waals surface area (Å²) in [4.78, 5) is 46.2. The van der Waals surface area contributed by atoms with Crippen molar-refractivity contribution in [1.29, 1.82) is 0 Å². The van der Waals surface area contributed by atoms with Gasteiger partial charge in [-0.1, -0.05) is 60.7 Å². The van der Waals surface area contributed by atoms with Gasteiger partial charge in [0.15, 0.2) is 0 Å². The number of alkyl carbamates (subject to hydrolysis) is 2. The maximum absolute atomic E-state index is 11.6. The summed E-state index contributed by atoms with van der Waals surface area (Å²) in [7, 11) is 0. The zero-order valence-electron chi connectivity index (χ0n) is 18.4. The lowest BCUT2D eigenvalue weighted by Crippen LogP contribution is -2.25. The third-order valence-corrected chi connectivity index (χ3v) is 4.04. The Morgan fingerprint density at radius 1 is 0.559 bits per heavy atom. The van der Waals surface area contributed by atoms with Crippen molar-refractivity contribution in [2.75, 3.05) is 26.4 Å². The molecule has 0 radical (unpaired) electrons. The Kier molecular flexibility index (Phi) is 11.8. The van der Waals surface area contributed by atoms with E-state index in [1.54, 1.807) is 0 Å². The van der Waals surface area contributed by atoms with Gasteiger partial charge in [0.05, 0.1) is 0 Å². The van der Waals surface area contributed by atoms with Crippen molar-refractivity contribution < 1.29 is 38.1 Å². The number of nitrogens with one attached hydrogen (secondary N) is 2. The van der Waals surface area contributed by atoms with Crippen molar-refractivity contribution in [2.24, 2.45) is 0 Å². The van der Waals surface area contributed by atoms with E-state index in [0.717, 1.165) is 23.3 Å². The summed E-state index contributed by atoms with van der Waals surface area (Å²) in [6.07, 6.45) is 0.473. The molecule has 0 aromatic heterocycles. The number of esters is 2. The SMILES string of the molecule is O=C(/C=C/C(=O)OCCOC(=O)NCc1ccccc1)OCCOC(=O)NCc1ccccc1. The zero-order valence-corrected chi connectivity index (χ0v) is 18.4. The third kappa shape index (κ3) is 11.9. The Morgan fingerprint density at radius 2 is 0.912 bits per heavy atom. The molecule has 2 amide bonds. The van der Waals surface area contributed by atoms with E-state index >= 15 is 0 Å². The first-order valence-electron chi connectivity index (χ1n) is 10.4. The summed E-state index contributed by atoms with van der Waals surface area (Å²) < 4.78 is 19.4. The van der Waals surface area contributed by atoms with Gasteiger partial charge in [-0.05, 0) is 11.1 Å². The van der Waals surface area contributed by atoms with Gasteiger partial charge >= 0.3 is 24.1 Å². The van der Waals surface area contributed by atoms with Crippen LogP contribution in [0.1, 0.15) is 11.1 Å². The second-order valence-corrected chi connectivity index (χ2v) is 6.62. The van der Waals surface area contributed by atoms with Crippen molar-refractivity contribution in [3.05, 3.63) is 83.9 Å². The largest absolute Gasteiger partial charge is 0.459 e. The van der Waals surface area contributed by atoms with Crippen molar-refractivity contribution in [3.8, 4) is 0 Å². The van der Waals surface area contributed by atoms with Crippen LogP contribution in [0.15, 0.2) is 72.8 Å². The molecule has 10 heteroatoms. The molecule has 0 aliphatic heterocycles. The first-order valence-corrected chi connectivity index (χ1v) is 10.4. The lowest BCUT2D eigenvalue weighted by atomic mass is 10.2. The summed E-state index contributed by atoms with van der Waals surface area (Å²) >= 11 is 0. The van der Waals surface area contributed by atoms with Crippen LogP contribution >= 0.6 is 0 Å². The van der Waals surface area contributed by atoms with Crippen LogP contribution in [0.25, 0.3) is 0 Å². The van der Waals surface area contributed by atoms with Gasteiger partial charge < -0.3 is 29.6 Å². The van der Waals surface area contributed by atoms with Crippen LogP contribution in [0.4, 0.5) is 9.59 Å². The molecule has 0 aliphatic carbocycles. The van der Waals surface area contributed by atoms with Gasteiger partial charge in [-0.15, -0.1) is 0 Å². The molecular weight excluding hydrogens is 444 g/mol. The van der Waals surface area contributed by atoms with E-state index < -0.39 is 24.1 Å². The van der Waals surface area contributed by atoms with Gasteiger partial charge in [0.25, 0.3) is 0 Å². The van der Waals surface area contributed by atoms with Gasteiger partial charge in [-0.25, -0.2) is 19.2 Å². The predicted molar refractivity (Wildman–Crippen MR) is 120 cm³/mol. The first-order chi connectivity index (χ1) is 16.5. The Balaban J connectivity index is 1.47. The molecule has 180 valence electrons. The number of ether oxygens (including phenoxy) is 4. The van der Waals surface area contributed by atoms with Crippen LogP contribution in [0.2, 0.25) is 0 Å². The highest BCUT2D eigenvalue weighted by Crippen LogP contribution is 1.98. The number of hydrogen-bond acceptors (Lipinski definition) is 8. The Labute approximate surface area is 196 Å². The van der Waals surface area contributed by atoms with Gasteiger partial charge in [0.1, 0.15) is 26.4 Å². The smallest absolute Gasteiger partial charge is 0.407 e. The minimum Gasteiger partial charge on any atom is -0.459 e. The normalized spacial score (nSPS) is 10.2. The average molecular weight is 470 g/mol. The number of carbonyl (C=O) groups is 4. The molecule has 2 aromatic rings. The molecule has 0 atom stereocenters. The number of hydrogen-bond donors (Lipinski definition) is 2. The van der Waals surface area contributed by atoms with E-state index in [1.165, 1.54) is 0 Å². The molecular formula is C24H26N2O8. The van der Waals surface area contributed by atoms with E-state index in [1.807, 2.05) is 60.7 Å². The Hall–Kier alpha value is -4.34. The predicted octanol–water partition coefficient (Wildman–Crippen LogP) is 2.48. The van der Waals surface area contributed by atoms with Crippen LogP contribution < -0.4 is 10.6 Å². The standard InChI is InChI=1S/C24H26N2O8/c27-21(31-13-15-33-23(29)25-17-19-7-3-1-4-8-19)11-12-22(28)32-14-16-34-24(30)26-18-20-9-5-2-6-10-20/h1-12H,13-18H2,(H,25,29)(H,26,30)/b12-11+. The molecule has 0 heterocycles. The van der Waals surface area contributed by atoms with E-state index in [9.17, 15) is 19.2 Å². The molecule has 0 saturated heterocycles. The molecule has 0 fully saturated rings.